The molecule has 0 aliphatic carbocycles. The SMILES string of the molecule is CC(C)n1nc2cccc(C(=O)O)c2c1Cl. The molecule has 0 aliphatic heterocycles. The van der Waals surface area contributed by atoms with Crippen LogP contribution in [-0.2, 0) is 0 Å². The summed E-state index contributed by atoms with van der Waals surface area (Å²) in [7, 11) is 0. The largest absolute Gasteiger partial charge is 0.478 e. The zero-order valence-corrected chi connectivity index (χ0v) is 9.69. The van der Waals surface area contributed by atoms with Crippen LogP contribution in [0, 0.1) is 0 Å². The molecule has 0 atom stereocenters. The number of hydrogen-bond donors (Lipinski definition) is 1. The number of hydrogen-bond acceptors (Lipinski definition) is 2. The number of benzene rings is 1. The quantitative estimate of drug-likeness (QED) is 0.875. The van der Waals surface area contributed by atoms with Crippen molar-refractivity contribution in [3.8, 4) is 0 Å². The lowest BCUT2D eigenvalue weighted by atomic mass is 10.1. The highest BCUT2D eigenvalue weighted by Gasteiger charge is 2.17. The lowest BCUT2D eigenvalue weighted by molar-refractivity contribution is 0.0699. The number of nitrogens with zero attached hydrogens (tertiary/aromatic N) is 2. The summed E-state index contributed by atoms with van der Waals surface area (Å²) in [4.78, 5) is 11.1. The average Bonchev–Trinajstić information content (AvgIpc) is 2.56. The van der Waals surface area contributed by atoms with Crippen LogP contribution in [0.5, 0.6) is 0 Å². The molecule has 1 N–H and O–H groups in total. The van der Waals surface area contributed by atoms with Crippen LogP contribution in [0.3, 0.4) is 0 Å². The van der Waals surface area contributed by atoms with Gasteiger partial charge in [0.25, 0.3) is 0 Å². The Morgan fingerprint density at radius 1 is 1.50 bits per heavy atom. The van der Waals surface area contributed by atoms with Crippen molar-refractivity contribution in [1.29, 1.82) is 0 Å². The minimum absolute atomic E-state index is 0.0987. The van der Waals surface area contributed by atoms with Crippen LogP contribution in [0.25, 0.3) is 10.9 Å². The van der Waals surface area contributed by atoms with Gasteiger partial charge in [-0.25, -0.2) is 4.79 Å². The van der Waals surface area contributed by atoms with Crippen molar-refractivity contribution >= 4 is 28.5 Å². The van der Waals surface area contributed by atoms with Gasteiger partial charge in [-0.1, -0.05) is 17.7 Å². The first-order chi connectivity index (χ1) is 7.52. The van der Waals surface area contributed by atoms with E-state index in [0.29, 0.717) is 16.1 Å². The Morgan fingerprint density at radius 2 is 2.19 bits per heavy atom. The van der Waals surface area contributed by atoms with Crippen LogP contribution < -0.4 is 0 Å². The molecule has 0 aliphatic rings. The zero-order chi connectivity index (χ0) is 11.9. The Morgan fingerprint density at radius 3 is 2.75 bits per heavy atom. The van der Waals surface area contributed by atoms with Gasteiger partial charge in [0.1, 0.15) is 5.15 Å². The summed E-state index contributed by atoms with van der Waals surface area (Å²) in [5, 5.41) is 14.2. The number of carbonyl (C=O) groups is 1. The number of halogens is 1. The van der Waals surface area contributed by atoms with Crippen molar-refractivity contribution in [2.45, 2.75) is 19.9 Å². The number of carboxylic acids is 1. The molecular weight excluding hydrogens is 228 g/mol. The van der Waals surface area contributed by atoms with Crippen molar-refractivity contribution in [3.63, 3.8) is 0 Å². The Hall–Kier alpha value is -1.55. The second-order valence-electron chi connectivity index (χ2n) is 3.83. The predicted molar refractivity (Wildman–Crippen MR) is 62.1 cm³/mol. The molecule has 2 aromatic rings. The predicted octanol–water partition coefficient (Wildman–Crippen LogP) is 2.97. The van der Waals surface area contributed by atoms with E-state index < -0.39 is 5.97 Å². The van der Waals surface area contributed by atoms with Crippen LogP contribution in [0.15, 0.2) is 18.2 Å². The smallest absolute Gasteiger partial charge is 0.336 e. The molecule has 0 saturated carbocycles. The van der Waals surface area contributed by atoms with Gasteiger partial charge in [-0.05, 0) is 26.0 Å². The molecule has 0 saturated heterocycles. The van der Waals surface area contributed by atoms with E-state index in [1.54, 1.807) is 16.8 Å². The molecule has 1 heterocycles. The fraction of sp³-hybridized carbons (Fsp3) is 0.273. The minimum Gasteiger partial charge on any atom is -0.478 e. The fourth-order valence-corrected chi connectivity index (χ4v) is 2.07. The molecule has 1 aromatic heterocycles. The van der Waals surface area contributed by atoms with Gasteiger partial charge >= 0.3 is 5.97 Å². The van der Waals surface area contributed by atoms with E-state index in [1.807, 2.05) is 13.8 Å². The molecular formula is C11H11ClN2O2. The Balaban J connectivity index is 2.82. The third kappa shape index (κ3) is 1.55. The fourth-order valence-electron chi connectivity index (χ4n) is 1.64. The van der Waals surface area contributed by atoms with Crippen molar-refractivity contribution in [1.82, 2.24) is 9.78 Å². The maximum absolute atomic E-state index is 11.1. The molecule has 0 radical (unpaired) electrons. The van der Waals surface area contributed by atoms with E-state index in [-0.39, 0.29) is 11.6 Å². The third-order valence-corrected chi connectivity index (χ3v) is 2.75. The summed E-state index contributed by atoms with van der Waals surface area (Å²) in [6, 6.07) is 5.05. The second kappa shape index (κ2) is 3.79. The number of fused-ring (bicyclic) bond motifs is 1. The van der Waals surface area contributed by atoms with Crippen molar-refractivity contribution in [2.24, 2.45) is 0 Å². The van der Waals surface area contributed by atoms with E-state index in [1.165, 1.54) is 6.07 Å². The molecule has 2 rings (SSSR count). The van der Waals surface area contributed by atoms with Gasteiger partial charge in [0.15, 0.2) is 0 Å². The molecule has 0 unspecified atom stereocenters. The van der Waals surface area contributed by atoms with Crippen molar-refractivity contribution in [2.75, 3.05) is 0 Å². The third-order valence-electron chi connectivity index (χ3n) is 2.38. The number of carboxylic acid groups (broad SMARTS) is 1. The van der Waals surface area contributed by atoms with Gasteiger partial charge in [-0.3, -0.25) is 4.68 Å². The Bertz CT molecular complexity index is 560. The molecule has 84 valence electrons. The summed E-state index contributed by atoms with van der Waals surface area (Å²) in [6.45, 7) is 3.89. The maximum Gasteiger partial charge on any atom is 0.336 e. The van der Waals surface area contributed by atoms with Crippen LogP contribution in [0.4, 0.5) is 0 Å². The average molecular weight is 239 g/mol. The zero-order valence-electron chi connectivity index (χ0n) is 8.94. The summed E-state index contributed by atoms with van der Waals surface area (Å²) in [6.07, 6.45) is 0. The molecule has 4 nitrogen and oxygen atoms in total. The van der Waals surface area contributed by atoms with Gasteiger partial charge in [-0.2, -0.15) is 5.10 Å². The molecule has 0 spiro atoms. The van der Waals surface area contributed by atoms with Crippen LogP contribution in [-0.4, -0.2) is 20.9 Å². The summed E-state index contributed by atoms with van der Waals surface area (Å²) >= 11 is 6.14. The van der Waals surface area contributed by atoms with Gasteiger partial charge in [0.05, 0.1) is 16.5 Å². The van der Waals surface area contributed by atoms with E-state index in [4.69, 9.17) is 16.7 Å². The van der Waals surface area contributed by atoms with E-state index >= 15 is 0 Å². The van der Waals surface area contributed by atoms with Crippen molar-refractivity contribution < 1.29 is 9.90 Å². The molecule has 16 heavy (non-hydrogen) atoms. The van der Waals surface area contributed by atoms with Crippen molar-refractivity contribution in [3.05, 3.63) is 28.9 Å². The van der Waals surface area contributed by atoms with E-state index in [0.717, 1.165) is 0 Å². The monoisotopic (exact) mass is 238 g/mol. The second-order valence-corrected chi connectivity index (χ2v) is 4.19. The van der Waals surface area contributed by atoms with Gasteiger partial charge in [0, 0.05) is 6.04 Å². The number of aromatic carboxylic acids is 1. The molecule has 1 aromatic carbocycles. The topological polar surface area (TPSA) is 55.1 Å². The van der Waals surface area contributed by atoms with Gasteiger partial charge < -0.3 is 5.11 Å². The first kappa shape index (κ1) is 11.0. The Kier molecular flexibility index (Phi) is 2.59. The van der Waals surface area contributed by atoms with Crippen LogP contribution >= 0.6 is 11.6 Å². The summed E-state index contributed by atoms with van der Waals surface area (Å²) in [5.41, 5.74) is 0.799. The number of aromatic nitrogens is 2. The van der Waals surface area contributed by atoms with Crippen LogP contribution in [0.2, 0.25) is 5.15 Å². The van der Waals surface area contributed by atoms with Gasteiger partial charge in [0.2, 0.25) is 0 Å². The van der Waals surface area contributed by atoms with Gasteiger partial charge in [-0.15, -0.1) is 0 Å². The highest BCUT2D eigenvalue weighted by molar-refractivity contribution is 6.35. The normalized spacial score (nSPS) is 11.2. The van der Waals surface area contributed by atoms with Crippen LogP contribution in [0.1, 0.15) is 30.2 Å². The maximum atomic E-state index is 11.1. The van der Waals surface area contributed by atoms with E-state index in [2.05, 4.69) is 5.10 Å². The molecule has 0 fully saturated rings. The summed E-state index contributed by atoms with van der Waals surface area (Å²) < 4.78 is 1.62. The lowest BCUT2D eigenvalue weighted by Crippen LogP contribution is -2.02. The standard InChI is InChI=1S/C11H11ClN2O2/c1-6(2)14-10(12)9-7(11(15)16)4-3-5-8(9)13-14/h3-6H,1-2H3,(H,15,16). The Labute approximate surface area is 97.4 Å². The highest BCUT2D eigenvalue weighted by Crippen LogP contribution is 2.28. The molecule has 0 bridgehead atoms. The molecule has 5 heteroatoms. The first-order valence-corrected chi connectivity index (χ1v) is 5.30. The number of rotatable bonds is 2. The molecule has 0 amide bonds. The first-order valence-electron chi connectivity index (χ1n) is 4.92. The minimum atomic E-state index is -0.990. The lowest BCUT2D eigenvalue weighted by Gasteiger charge is -2.05. The van der Waals surface area contributed by atoms with E-state index in [9.17, 15) is 4.79 Å². The summed E-state index contributed by atoms with van der Waals surface area (Å²) in [5.74, 6) is -0.990. The highest BCUT2D eigenvalue weighted by atomic mass is 35.5.